The van der Waals surface area contributed by atoms with Crippen LogP contribution in [0.5, 0.6) is 0 Å². The van der Waals surface area contributed by atoms with E-state index in [4.69, 9.17) is 23.7 Å². The first-order valence-electron chi connectivity index (χ1n) is 16.1. The van der Waals surface area contributed by atoms with Crippen molar-refractivity contribution in [2.24, 2.45) is 5.92 Å². The van der Waals surface area contributed by atoms with Crippen LogP contribution in [0.25, 0.3) is 11.1 Å². The summed E-state index contributed by atoms with van der Waals surface area (Å²) in [4.78, 5) is 35.9. The summed E-state index contributed by atoms with van der Waals surface area (Å²) in [6, 6.07) is 16.6. The largest absolute Gasteiger partial charge is 0.464 e. The van der Waals surface area contributed by atoms with Crippen molar-refractivity contribution in [3.63, 3.8) is 0 Å². The molecule has 0 unspecified atom stereocenters. The van der Waals surface area contributed by atoms with Gasteiger partial charge < -0.3 is 23.7 Å². The summed E-state index contributed by atoms with van der Waals surface area (Å²) < 4.78 is 26.8. The monoisotopic (exact) mass is 606 g/mol. The second-order valence-electron chi connectivity index (χ2n) is 11.5. The molecule has 2 fully saturated rings. The first-order valence-corrected chi connectivity index (χ1v) is 16.1. The molecule has 2 aromatic carbocycles. The molecule has 0 radical (unpaired) electrons. The SMILES string of the molecule is C=CC(=O)OCCCCCCC1CCC(c2ccc(-c3ccc(C4O[C@@H](C(=O)OCC)[C@H](C(=O)OCC)O4)cc3)cc2)CC1. The highest BCUT2D eigenvalue weighted by Gasteiger charge is 2.47. The van der Waals surface area contributed by atoms with Gasteiger partial charge in [-0.2, -0.15) is 0 Å². The third-order valence-electron chi connectivity index (χ3n) is 8.52. The molecular formula is C36H46O8. The molecule has 0 N–H and O–H groups in total. The fraction of sp³-hybridized carbons (Fsp3) is 0.528. The number of benzene rings is 2. The molecule has 1 aliphatic heterocycles. The fourth-order valence-electron chi connectivity index (χ4n) is 6.09. The average Bonchev–Trinajstić information content (AvgIpc) is 3.51. The Kier molecular flexibility index (Phi) is 13.0. The number of esters is 3. The maximum absolute atomic E-state index is 12.4. The van der Waals surface area contributed by atoms with Crippen LogP contribution in [-0.4, -0.2) is 49.9 Å². The highest BCUT2D eigenvalue weighted by Crippen LogP contribution is 2.39. The number of rotatable bonds is 15. The Labute approximate surface area is 261 Å². The van der Waals surface area contributed by atoms with Gasteiger partial charge in [0.05, 0.1) is 19.8 Å². The maximum atomic E-state index is 12.4. The Hall–Kier alpha value is -3.49. The van der Waals surface area contributed by atoms with E-state index in [9.17, 15) is 14.4 Å². The molecule has 1 aliphatic carbocycles. The molecule has 238 valence electrons. The second kappa shape index (κ2) is 17.1. The lowest BCUT2D eigenvalue weighted by atomic mass is 9.77. The fourth-order valence-corrected chi connectivity index (χ4v) is 6.09. The van der Waals surface area contributed by atoms with Gasteiger partial charge in [-0.25, -0.2) is 14.4 Å². The molecule has 2 aliphatic rings. The van der Waals surface area contributed by atoms with Crippen molar-refractivity contribution in [3.8, 4) is 11.1 Å². The minimum absolute atomic E-state index is 0.175. The van der Waals surface area contributed by atoms with Gasteiger partial charge in [0, 0.05) is 11.6 Å². The van der Waals surface area contributed by atoms with Crippen LogP contribution in [0.1, 0.15) is 95.0 Å². The lowest BCUT2D eigenvalue weighted by Gasteiger charge is -2.29. The molecule has 4 rings (SSSR count). The maximum Gasteiger partial charge on any atom is 0.338 e. The minimum Gasteiger partial charge on any atom is -0.464 e. The minimum atomic E-state index is -1.17. The van der Waals surface area contributed by atoms with Gasteiger partial charge in [-0.3, -0.25) is 0 Å². The molecule has 8 nitrogen and oxygen atoms in total. The van der Waals surface area contributed by atoms with E-state index < -0.39 is 30.4 Å². The van der Waals surface area contributed by atoms with Crippen molar-refractivity contribution >= 4 is 17.9 Å². The zero-order chi connectivity index (χ0) is 31.3. The molecular weight excluding hydrogens is 560 g/mol. The summed E-state index contributed by atoms with van der Waals surface area (Å²) in [6.07, 6.45) is 8.77. The number of carbonyl (C=O) groups is 3. The van der Waals surface area contributed by atoms with Gasteiger partial charge in [0.2, 0.25) is 0 Å². The Bertz CT molecular complexity index is 1190. The summed E-state index contributed by atoms with van der Waals surface area (Å²) >= 11 is 0. The zero-order valence-electron chi connectivity index (χ0n) is 26.0. The van der Waals surface area contributed by atoms with Gasteiger partial charge in [0.15, 0.2) is 18.5 Å². The van der Waals surface area contributed by atoms with Gasteiger partial charge in [-0.1, -0.05) is 80.8 Å². The van der Waals surface area contributed by atoms with Crippen molar-refractivity contribution in [2.75, 3.05) is 19.8 Å². The molecule has 2 aromatic rings. The van der Waals surface area contributed by atoms with Crippen molar-refractivity contribution in [3.05, 3.63) is 72.3 Å². The summed E-state index contributed by atoms with van der Waals surface area (Å²) in [5.41, 5.74) is 4.29. The van der Waals surface area contributed by atoms with Gasteiger partial charge in [0.1, 0.15) is 0 Å². The molecule has 44 heavy (non-hydrogen) atoms. The predicted octanol–water partition coefficient (Wildman–Crippen LogP) is 7.22. The van der Waals surface area contributed by atoms with Crippen LogP contribution in [0.3, 0.4) is 0 Å². The van der Waals surface area contributed by atoms with E-state index in [1.807, 2.05) is 24.3 Å². The normalized spacial score (nSPS) is 21.9. The molecule has 8 heteroatoms. The van der Waals surface area contributed by atoms with E-state index >= 15 is 0 Å². The molecule has 0 spiro atoms. The predicted molar refractivity (Wildman–Crippen MR) is 167 cm³/mol. The highest BCUT2D eigenvalue weighted by molar-refractivity contribution is 5.86. The number of unbranched alkanes of at least 4 members (excludes halogenated alkanes) is 3. The first kappa shape index (κ1) is 33.4. The lowest BCUT2D eigenvalue weighted by Crippen LogP contribution is -2.39. The van der Waals surface area contributed by atoms with E-state index in [1.54, 1.807) is 13.8 Å². The Balaban J connectivity index is 1.23. The third kappa shape index (κ3) is 9.26. The molecule has 2 atom stereocenters. The number of hydrogen-bond donors (Lipinski definition) is 0. The molecule has 1 saturated heterocycles. The Morgan fingerprint density at radius 3 is 1.77 bits per heavy atom. The van der Waals surface area contributed by atoms with Crippen LogP contribution in [0.2, 0.25) is 0 Å². The van der Waals surface area contributed by atoms with Crippen LogP contribution in [0.4, 0.5) is 0 Å². The van der Waals surface area contributed by atoms with Crippen molar-refractivity contribution in [2.45, 2.75) is 96.1 Å². The van der Waals surface area contributed by atoms with E-state index in [2.05, 4.69) is 30.8 Å². The number of ether oxygens (including phenoxy) is 5. The first-order chi connectivity index (χ1) is 21.4. The summed E-state index contributed by atoms with van der Waals surface area (Å²) in [6.45, 7) is 7.64. The van der Waals surface area contributed by atoms with E-state index in [0.29, 0.717) is 18.1 Å². The molecule has 1 heterocycles. The van der Waals surface area contributed by atoms with Gasteiger partial charge in [-0.15, -0.1) is 0 Å². The van der Waals surface area contributed by atoms with Crippen LogP contribution in [0.15, 0.2) is 61.2 Å². The Morgan fingerprint density at radius 1 is 0.727 bits per heavy atom. The Morgan fingerprint density at radius 2 is 1.25 bits per heavy atom. The van der Waals surface area contributed by atoms with Crippen LogP contribution in [0, 0.1) is 5.92 Å². The van der Waals surface area contributed by atoms with Gasteiger partial charge in [0.25, 0.3) is 0 Å². The zero-order valence-corrected chi connectivity index (χ0v) is 26.0. The summed E-state index contributed by atoms with van der Waals surface area (Å²) in [5.74, 6) is -0.198. The topological polar surface area (TPSA) is 97.4 Å². The third-order valence-corrected chi connectivity index (χ3v) is 8.52. The van der Waals surface area contributed by atoms with Crippen molar-refractivity contribution < 1.29 is 38.1 Å². The van der Waals surface area contributed by atoms with Gasteiger partial charge in [-0.05, 0) is 74.5 Å². The van der Waals surface area contributed by atoms with Crippen LogP contribution < -0.4 is 0 Å². The molecule has 0 aromatic heterocycles. The van der Waals surface area contributed by atoms with Gasteiger partial charge >= 0.3 is 17.9 Å². The van der Waals surface area contributed by atoms with Crippen molar-refractivity contribution in [1.29, 1.82) is 0 Å². The highest BCUT2D eigenvalue weighted by atomic mass is 16.8. The summed E-state index contributed by atoms with van der Waals surface area (Å²) in [7, 11) is 0. The van der Waals surface area contributed by atoms with Crippen LogP contribution in [-0.2, 0) is 38.1 Å². The molecule has 0 bridgehead atoms. The van der Waals surface area contributed by atoms with E-state index in [0.717, 1.165) is 29.9 Å². The standard InChI is InChI=1S/C36H46O8/c1-4-31(37)42-24-10-8-7-9-11-25-12-14-26(15-13-25)27-16-18-28(19-17-27)29-20-22-30(23-21-29)36-43-32(34(38)40-5-2)33(44-36)35(39)41-6-3/h4,16-23,25-26,32-33,36H,1,5-15,24H2,2-3H3/t25?,26?,32-,33-/m1/s1. The average molecular weight is 607 g/mol. The number of hydrogen-bond acceptors (Lipinski definition) is 8. The number of carbonyl (C=O) groups excluding carboxylic acids is 3. The van der Waals surface area contributed by atoms with E-state index in [1.165, 1.54) is 56.6 Å². The summed E-state index contributed by atoms with van der Waals surface area (Å²) in [5, 5.41) is 0. The molecule has 0 amide bonds. The quantitative estimate of drug-likeness (QED) is 0.0908. The second-order valence-corrected chi connectivity index (χ2v) is 11.5. The van der Waals surface area contributed by atoms with Crippen LogP contribution >= 0.6 is 0 Å². The smallest absolute Gasteiger partial charge is 0.338 e. The van der Waals surface area contributed by atoms with E-state index in [-0.39, 0.29) is 19.2 Å². The molecule has 1 saturated carbocycles. The van der Waals surface area contributed by atoms with Crippen molar-refractivity contribution in [1.82, 2.24) is 0 Å². The lowest BCUT2D eigenvalue weighted by molar-refractivity contribution is -0.163.